The quantitative estimate of drug-likeness (QED) is 0.767. The van der Waals surface area contributed by atoms with Crippen LogP contribution in [0.4, 0.5) is 0 Å². The van der Waals surface area contributed by atoms with Crippen LogP contribution in [0.15, 0.2) is 54.7 Å². The van der Waals surface area contributed by atoms with Crippen molar-refractivity contribution in [3.63, 3.8) is 0 Å². The Hall–Kier alpha value is -2.53. The van der Waals surface area contributed by atoms with Crippen LogP contribution in [0.25, 0.3) is 10.7 Å². The van der Waals surface area contributed by atoms with Crippen molar-refractivity contribution in [3.8, 4) is 10.7 Å². The number of carbonyl (C=O) groups is 1. The van der Waals surface area contributed by atoms with Crippen LogP contribution in [0.5, 0.6) is 0 Å². The summed E-state index contributed by atoms with van der Waals surface area (Å²) in [6, 6.07) is 15.7. The van der Waals surface area contributed by atoms with Gasteiger partial charge in [0.15, 0.2) is 0 Å². The molecule has 0 aliphatic rings. The number of carbonyl (C=O) groups excluding carboxylic acids is 1. The number of pyridine rings is 1. The Morgan fingerprint density at radius 3 is 2.62 bits per heavy atom. The Balaban J connectivity index is 1.68. The lowest BCUT2D eigenvalue weighted by Crippen LogP contribution is -2.28. The predicted molar refractivity (Wildman–Crippen MR) is 96.8 cm³/mol. The molecule has 2 aromatic heterocycles. The molecule has 0 aliphatic heterocycles. The second-order valence-electron chi connectivity index (χ2n) is 5.62. The molecule has 1 aromatic carbocycles. The van der Waals surface area contributed by atoms with Crippen LogP contribution >= 0.6 is 11.3 Å². The molecule has 0 saturated carbocycles. The third-order valence-electron chi connectivity index (χ3n) is 3.77. The molecule has 3 aromatic rings. The molecule has 1 unspecified atom stereocenters. The number of amides is 1. The molecule has 122 valence electrons. The second kappa shape index (κ2) is 7.36. The van der Waals surface area contributed by atoms with E-state index in [0.717, 1.165) is 26.8 Å². The largest absolute Gasteiger partial charge is 0.349 e. The fraction of sp³-hybridized carbons (Fsp3) is 0.211. The Bertz CT molecular complexity index is 815. The van der Waals surface area contributed by atoms with E-state index in [-0.39, 0.29) is 11.9 Å². The number of nitrogens with one attached hydrogen (secondary N) is 1. The first-order valence-corrected chi connectivity index (χ1v) is 8.67. The maximum Gasteiger partial charge on any atom is 0.225 e. The summed E-state index contributed by atoms with van der Waals surface area (Å²) < 4.78 is 0. The molecule has 1 atom stereocenters. The molecule has 0 saturated heterocycles. The standard InChI is InChI=1S/C19H19N3OS/c1-13(15-8-4-3-5-9-15)21-18(23)12-17-14(2)22-19(24-17)16-10-6-7-11-20-16/h3-11,13H,12H2,1-2H3,(H,21,23). The van der Waals surface area contributed by atoms with Crippen LogP contribution in [0, 0.1) is 6.92 Å². The average Bonchev–Trinajstić information content (AvgIpc) is 2.97. The van der Waals surface area contributed by atoms with Gasteiger partial charge in [0, 0.05) is 11.1 Å². The molecule has 4 nitrogen and oxygen atoms in total. The Morgan fingerprint density at radius 2 is 1.92 bits per heavy atom. The van der Waals surface area contributed by atoms with E-state index in [2.05, 4.69) is 15.3 Å². The smallest absolute Gasteiger partial charge is 0.225 e. The van der Waals surface area contributed by atoms with Gasteiger partial charge < -0.3 is 5.32 Å². The van der Waals surface area contributed by atoms with Crippen molar-refractivity contribution in [2.75, 3.05) is 0 Å². The summed E-state index contributed by atoms with van der Waals surface area (Å²) in [4.78, 5) is 22.2. The molecule has 5 heteroatoms. The molecule has 3 rings (SSSR count). The first-order chi connectivity index (χ1) is 11.6. The number of aromatic nitrogens is 2. The van der Waals surface area contributed by atoms with E-state index < -0.39 is 0 Å². The van der Waals surface area contributed by atoms with Gasteiger partial charge >= 0.3 is 0 Å². The van der Waals surface area contributed by atoms with Crippen LogP contribution in [0.2, 0.25) is 0 Å². The number of thiazole rings is 1. The van der Waals surface area contributed by atoms with Crippen molar-refractivity contribution in [2.24, 2.45) is 0 Å². The van der Waals surface area contributed by atoms with Crippen LogP contribution in [-0.4, -0.2) is 15.9 Å². The predicted octanol–water partition coefficient (Wildman–Crippen LogP) is 3.93. The topological polar surface area (TPSA) is 54.9 Å². The van der Waals surface area contributed by atoms with Crippen molar-refractivity contribution >= 4 is 17.2 Å². The molecule has 24 heavy (non-hydrogen) atoms. The average molecular weight is 337 g/mol. The molecule has 0 radical (unpaired) electrons. The van der Waals surface area contributed by atoms with E-state index in [1.807, 2.05) is 62.4 Å². The Morgan fingerprint density at radius 1 is 1.17 bits per heavy atom. The summed E-state index contributed by atoms with van der Waals surface area (Å²) in [5, 5.41) is 3.90. The lowest BCUT2D eigenvalue weighted by atomic mass is 10.1. The molecule has 0 aliphatic carbocycles. The zero-order valence-corrected chi connectivity index (χ0v) is 14.5. The van der Waals surface area contributed by atoms with Gasteiger partial charge in [-0.3, -0.25) is 9.78 Å². The summed E-state index contributed by atoms with van der Waals surface area (Å²) in [6.07, 6.45) is 2.09. The van der Waals surface area contributed by atoms with Gasteiger partial charge in [0.2, 0.25) is 5.91 Å². The van der Waals surface area contributed by atoms with E-state index in [4.69, 9.17) is 0 Å². The van der Waals surface area contributed by atoms with E-state index in [9.17, 15) is 4.79 Å². The van der Waals surface area contributed by atoms with Gasteiger partial charge in [-0.1, -0.05) is 36.4 Å². The van der Waals surface area contributed by atoms with E-state index >= 15 is 0 Å². The van der Waals surface area contributed by atoms with Crippen LogP contribution in [0.3, 0.4) is 0 Å². The highest BCUT2D eigenvalue weighted by Crippen LogP contribution is 2.26. The van der Waals surface area contributed by atoms with Gasteiger partial charge in [-0.05, 0) is 31.5 Å². The van der Waals surface area contributed by atoms with Crippen LogP contribution < -0.4 is 5.32 Å². The maximum atomic E-state index is 12.3. The lowest BCUT2D eigenvalue weighted by Gasteiger charge is -2.13. The summed E-state index contributed by atoms with van der Waals surface area (Å²) in [5.74, 6) is 0.00525. The van der Waals surface area contributed by atoms with Crippen molar-refractivity contribution in [1.29, 1.82) is 0 Å². The summed E-state index contributed by atoms with van der Waals surface area (Å²) in [6.45, 7) is 3.93. The van der Waals surface area contributed by atoms with Crippen molar-refractivity contribution in [3.05, 3.63) is 70.9 Å². The second-order valence-corrected chi connectivity index (χ2v) is 6.70. The first kappa shape index (κ1) is 16.3. The first-order valence-electron chi connectivity index (χ1n) is 7.85. The van der Waals surface area contributed by atoms with Gasteiger partial charge in [-0.15, -0.1) is 11.3 Å². The summed E-state index contributed by atoms with van der Waals surface area (Å²) in [7, 11) is 0. The zero-order chi connectivity index (χ0) is 16.9. The molecule has 1 N–H and O–H groups in total. The highest BCUT2D eigenvalue weighted by molar-refractivity contribution is 7.15. The number of hydrogen-bond donors (Lipinski definition) is 1. The highest BCUT2D eigenvalue weighted by Gasteiger charge is 2.15. The number of rotatable bonds is 5. The fourth-order valence-corrected chi connectivity index (χ4v) is 3.49. The third kappa shape index (κ3) is 3.86. The number of aryl methyl sites for hydroxylation is 1. The monoisotopic (exact) mass is 337 g/mol. The molecule has 1 amide bonds. The van der Waals surface area contributed by atoms with E-state index in [1.54, 1.807) is 6.20 Å². The van der Waals surface area contributed by atoms with E-state index in [0.29, 0.717) is 6.42 Å². The summed E-state index contributed by atoms with van der Waals surface area (Å²) >= 11 is 1.53. The van der Waals surface area contributed by atoms with Crippen LogP contribution in [0.1, 0.15) is 29.1 Å². The Kier molecular flexibility index (Phi) is 5.01. The maximum absolute atomic E-state index is 12.3. The zero-order valence-electron chi connectivity index (χ0n) is 13.7. The Labute approximate surface area is 145 Å². The summed E-state index contributed by atoms with van der Waals surface area (Å²) in [5.41, 5.74) is 2.83. The fourth-order valence-electron chi connectivity index (χ4n) is 2.45. The minimum atomic E-state index is -0.0119. The highest BCUT2D eigenvalue weighted by atomic mass is 32.1. The number of benzene rings is 1. The molecular formula is C19H19N3OS. The van der Waals surface area contributed by atoms with Crippen molar-refractivity contribution < 1.29 is 4.79 Å². The number of nitrogens with zero attached hydrogens (tertiary/aromatic N) is 2. The molecule has 2 heterocycles. The third-order valence-corrected chi connectivity index (χ3v) is 4.95. The van der Waals surface area contributed by atoms with Gasteiger partial charge in [-0.25, -0.2) is 4.98 Å². The SMILES string of the molecule is Cc1nc(-c2ccccn2)sc1CC(=O)NC(C)c1ccccc1. The molecule has 0 spiro atoms. The molecule has 0 bridgehead atoms. The van der Waals surface area contributed by atoms with E-state index in [1.165, 1.54) is 11.3 Å². The number of hydrogen-bond acceptors (Lipinski definition) is 4. The molecule has 0 fully saturated rings. The minimum Gasteiger partial charge on any atom is -0.349 e. The van der Waals surface area contributed by atoms with Gasteiger partial charge in [0.25, 0.3) is 0 Å². The normalized spacial score (nSPS) is 11.9. The van der Waals surface area contributed by atoms with Crippen molar-refractivity contribution in [1.82, 2.24) is 15.3 Å². The minimum absolute atomic E-state index is 0.00525. The van der Waals surface area contributed by atoms with Gasteiger partial charge in [0.05, 0.1) is 23.9 Å². The van der Waals surface area contributed by atoms with Gasteiger partial charge in [0.1, 0.15) is 5.01 Å². The van der Waals surface area contributed by atoms with Crippen LogP contribution in [-0.2, 0) is 11.2 Å². The van der Waals surface area contributed by atoms with Gasteiger partial charge in [-0.2, -0.15) is 0 Å². The molecular weight excluding hydrogens is 318 g/mol. The van der Waals surface area contributed by atoms with Crippen molar-refractivity contribution in [2.45, 2.75) is 26.3 Å². The lowest BCUT2D eigenvalue weighted by molar-refractivity contribution is -0.121.